The van der Waals surface area contributed by atoms with Gasteiger partial charge in [0, 0.05) is 13.1 Å². The molecule has 2 rings (SSSR count). The number of amides is 1. The average Bonchev–Trinajstić information content (AvgIpc) is 2.15. The molecule has 1 aliphatic rings. The molecule has 3 nitrogen and oxygen atoms in total. The van der Waals surface area contributed by atoms with Crippen molar-refractivity contribution in [2.75, 3.05) is 23.8 Å². The fraction of sp³-hybridized carbons (Fsp3) is 0.222. The molecule has 0 saturated carbocycles. The first-order valence-corrected chi connectivity index (χ1v) is 4.88. The number of carbonyl (C=O) groups excluding carboxylic acids is 1. The van der Waals surface area contributed by atoms with Crippen LogP contribution >= 0.6 is 15.9 Å². The van der Waals surface area contributed by atoms with Gasteiger partial charge in [0.25, 0.3) is 0 Å². The molecule has 0 unspecified atom stereocenters. The molecule has 1 aromatic rings. The van der Waals surface area contributed by atoms with Gasteiger partial charge in [-0.1, -0.05) is 0 Å². The second-order valence-corrected chi connectivity index (χ2v) is 3.94. The predicted molar refractivity (Wildman–Crippen MR) is 56.0 cm³/mol. The summed E-state index contributed by atoms with van der Waals surface area (Å²) in [5, 5.41) is 2.86. The third-order valence-electron chi connectivity index (χ3n) is 2.20. The lowest BCUT2D eigenvalue weighted by Gasteiger charge is -2.26. The first-order chi connectivity index (χ1) is 6.59. The molecule has 0 fully saturated rings. The van der Waals surface area contributed by atoms with E-state index in [1.54, 1.807) is 13.1 Å². The highest BCUT2D eigenvalue weighted by molar-refractivity contribution is 9.10. The number of hydrogen-bond donors (Lipinski definition) is 1. The Morgan fingerprint density at radius 3 is 3.00 bits per heavy atom. The summed E-state index contributed by atoms with van der Waals surface area (Å²) in [7, 11) is 1.67. The number of hydrogen-bond acceptors (Lipinski definition) is 2. The molecule has 1 aliphatic heterocycles. The Morgan fingerprint density at radius 2 is 2.29 bits per heavy atom. The minimum atomic E-state index is -0.334. The van der Waals surface area contributed by atoms with Crippen LogP contribution in [0.3, 0.4) is 0 Å². The summed E-state index contributed by atoms with van der Waals surface area (Å²) in [5.41, 5.74) is 1.34. The van der Waals surface area contributed by atoms with Crippen LogP contribution in [-0.2, 0) is 4.79 Å². The molecule has 1 heterocycles. The van der Waals surface area contributed by atoms with E-state index in [1.807, 2.05) is 0 Å². The Labute approximate surface area is 89.0 Å². The van der Waals surface area contributed by atoms with E-state index in [9.17, 15) is 9.18 Å². The molecule has 74 valence electrons. The summed E-state index contributed by atoms with van der Waals surface area (Å²) in [6, 6.07) is 2.97. The van der Waals surface area contributed by atoms with Crippen molar-refractivity contribution in [2.24, 2.45) is 0 Å². The van der Waals surface area contributed by atoms with Gasteiger partial charge in [-0.25, -0.2) is 4.39 Å². The smallest absolute Gasteiger partial charge is 0.246 e. The average molecular weight is 259 g/mol. The van der Waals surface area contributed by atoms with E-state index in [0.717, 1.165) is 0 Å². The molecule has 0 aromatic heterocycles. The van der Waals surface area contributed by atoms with Crippen LogP contribution in [0.1, 0.15) is 0 Å². The first-order valence-electron chi connectivity index (χ1n) is 4.09. The maximum Gasteiger partial charge on any atom is 0.246 e. The number of benzene rings is 1. The Morgan fingerprint density at radius 1 is 1.57 bits per heavy atom. The lowest BCUT2D eigenvalue weighted by molar-refractivity contribution is -0.116. The summed E-state index contributed by atoms with van der Waals surface area (Å²) < 4.78 is 13.5. The molecule has 0 spiro atoms. The molecular weight excluding hydrogens is 251 g/mol. The van der Waals surface area contributed by atoms with Crippen LogP contribution in [0.4, 0.5) is 15.8 Å². The van der Waals surface area contributed by atoms with Crippen LogP contribution in [-0.4, -0.2) is 19.5 Å². The summed E-state index contributed by atoms with van der Waals surface area (Å²) in [4.78, 5) is 12.8. The molecule has 1 N–H and O–H groups in total. The van der Waals surface area contributed by atoms with Crippen LogP contribution in [0.25, 0.3) is 0 Å². The Kier molecular flexibility index (Phi) is 2.19. The van der Waals surface area contributed by atoms with Crippen molar-refractivity contribution >= 4 is 33.2 Å². The Bertz CT molecular complexity index is 408. The standard InChI is InChI=1S/C9H8BrFN2O/c1-13-8-2-5(10)6(11)3-7(8)12-4-9(13)14/h2-3,12H,4H2,1H3. The third kappa shape index (κ3) is 1.37. The van der Waals surface area contributed by atoms with Crippen molar-refractivity contribution in [1.29, 1.82) is 0 Å². The molecule has 1 amide bonds. The van der Waals surface area contributed by atoms with Gasteiger partial charge in [-0.3, -0.25) is 4.79 Å². The molecule has 0 atom stereocenters. The fourth-order valence-electron chi connectivity index (χ4n) is 1.38. The largest absolute Gasteiger partial charge is 0.374 e. The van der Waals surface area contributed by atoms with E-state index in [-0.39, 0.29) is 18.3 Å². The van der Waals surface area contributed by atoms with Gasteiger partial charge in [-0.2, -0.15) is 0 Å². The number of likely N-dealkylation sites (N-methyl/N-ethyl adjacent to an activating group) is 1. The van der Waals surface area contributed by atoms with Gasteiger partial charge < -0.3 is 10.2 Å². The van der Waals surface area contributed by atoms with Gasteiger partial charge in [0.2, 0.25) is 5.91 Å². The number of fused-ring (bicyclic) bond motifs is 1. The molecular formula is C9H8BrFN2O. The topological polar surface area (TPSA) is 32.3 Å². The number of carbonyl (C=O) groups is 1. The summed E-state index contributed by atoms with van der Waals surface area (Å²) >= 11 is 3.08. The summed E-state index contributed by atoms with van der Waals surface area (Å²) in [5.74, 6) is -0.366. The summed E-state index contributed by atoms with van der Waals surface area (Å²) in [6.07, 6.45) is 0. The van der Waals surface area contributed by atoms with Crippen LogP contribution in [0.15, 0.2) is 16.6 Å². The molecule has 0 saturated heterocycles. The zero-order valence-corrected chi connectivity index (χ0v) is 9.06. The Balaban J connectivity index is 2.55. The van der Waals surface area contributed by atoms with Crippen molar-refractivity contribution in [1.82, 2.24) is 0 Å². The number of rotatable bonds is 0. The highest BCUT2D eigenvalue weighted by Crippen LogP contribution is 2.33. The first kappa shape index (κ1) is 9.45. The number of nitrogens with zero attached hydrogens (tertiary/aromatic N) is 1. The van der Waals surface area contributed by atoms with Crippen LogP contribution in [0.2, 0.25) is 0 Å². The van der Waals surface area contributed by atoms with Gasteiger partial charge >= 0.3 is 0 Å². The van der Waals surface area contributed by atoms with Crippen LogP contribution in [0.5, 0.6) is 0 Å². The van der Waals surface area contributed by atoms with E-state index in [2.05, 4.69) is 21.2 Å². The third-order valence-corrected chi connectivity index (χ3v) is 2.81. The van der Waals surface area contributed by atoms with Crippen LogP contribution in [0, 0.1) is 5.82 Å². The van der Waals surface area contributed by atoms with E-state index in [1.165, 1.54) is 11.0 Å². The number of anilines is 2. The van der Waals surface area contributed by atoms with Crippen molar-refractivity contribution in [2.45, 2.75) is 0 Å². The minimum Gasteiger partial charge on any atom is -0.374 e. The normalized spacial score (nSPS) is 15.1. The molecule has 0 aliphatic carbocycles. The zero-order chi connectivity index (χ0) is 10.3. The van der Waals surface area contributed by atoms with E-state index < -0.39 is 0 Å². The van der Waals surface area contributed by atoms with Crippen molar-refractivity contribution in [3.8, 4) is 0 Å². The zero-order valence-electron chi connectivity index (χ0n) is 7.47. The highest BCUT2D eigenvalue weighted by Gasteiger charge is 2.21. The second kappa shape index (κ2) is 3.24. The molecule has 0 bridgehead atoms. The Hall–Kier alpha value is -1.10. The van der Waals surface area contributed by atoms with Gasteiger partial charge in [-0.15, -0.1) is 0 Å². The predicted octanol–water partition coefficient (Wildman–Crippen LogP) is 1.98. The van der Waals surface area contributed by atoms with Crippen molar-refractivity contribution in [3.63, 3.8) is 0 Å². The number of nitrogens with one attached hydrogen (secondary N) is 1. The van der Waals surface area contributed by atoms with Gasteiger partial charge in [0.1, 0.15) is 5.82 Å². The number of halogens is 2. The van der Waals surface area contributed by atoms with E-state index >= 15 is 0 Å². The molecule has 14 heavy (non-hydrogen) atoms. The monoisotopic (exact) mass is 258 g/mol. The van der Waals surface area contributed by atoms with Crippen molar-refractivity contribution in [3.05, 3.63) is 22.4 Å². The lowest BCUT2D eigenvalue weighted by Crippen LogP contribution is -2.36. The van der Waals surface area contributed by atoms with E-state index in [4.69, 9.17) is 0 Å². The van der Waals surface area contributed by atoms with E-state index in [0.29, 0.717) is 15.8 Å². The highest BCUT2D eigenvalue weighted by atomic mass is 79.9. The molecule has 0 radical (unpaired) electrons. The minimum absolute atomic E-state index is 0.0315. The quantitative estimate of drug-likeness (QED) is 0.772. The van der Waals surface area contributed by atoms with Gasteiger partial charge in [-0.05, 0) is 22.0 Å². The summed E-state index contributed by atoms with van der Waals surface area (Å²) in [6.45, 7) is 0.213. The van der Waals surface area contributed by atoms with Gasteiger partial charge in [0.05, 0.1) is 22.4 Å². The fourth-order valence-corrected chi connectivity index (χ4v) is 1.71. The van der Waals surface area contributed by atoms with Gasteiger partial charge in [0.15, 0.2) is 0 Å². The van der Waals surface area contributed by atoms with Crippen molar-refractivity contribution < 1.29 is 9.18 Å². The maximum atomic E-state index is 13.1. The molecule has 1 aromatic carbocycles. The second-order valence-electron chi connectivity index (χ2n) is 3.09. The lowest BCUT2D eigenvalue weighted by atomic mass is 10.2. The SMILES string of the molecule is CN1C(=O)CNc2cc(F)c(Br)cc21. The van der Waals surface area contributed by atoms with Crippen LogP contribution < -0.4 is 10.2 Å². The maximum absolute atomic E-state index is 13.1. The molecule has 5 heteroatoms.